The Morgan fingerprint density at radius 2 is 1.86 bits per heavy atom. The average molecular weight is 317 g/mol. The van der Waals surface area contributed by atoms with E-state index in [0.717, 1.165) is 5.56 Å². The van der Waals surface area contributed by atoms with Gasteiger partial charge in [-0.25, -0.2) is 0 Å². The molecule has 1 heterocycles. The van der Waals surface area contributed by atoms with Crippen molar-refractivity contribution < 1.29 is 9.53 Å². The molecule has 22 heavy (non-hydrogen) atoms. The van der Waals surface area contributed by atoms with Crippen molar-refractivity contribution in [2.75, 3.05) is 0 Å². The maximum atomic E-state index is 12.3. The van der Waals surface area contributed by atoms with E-state index in [0.29, 0.717) is 12.5 Å². The molecule has 0 fully saturated rings. The van der Waals surface area contributed by atoms with Crippen LogP contribution in [0.25, 0.3) is 0 Å². The summed E-state index contributed by atoms with van der Waals surface area (Å²) in [7, 11) is 0. The van der Waals surface area contributed by atoms with Gasteiger partial charge in [-0.05, 0) is 29.9 Å². The van der Waals surface area contributed by atoms with E-state index in [1.165, 1.54) is 4.88 Å². The van der Waals surface area contributed by atoms with E-state index in [4.69, 9.17) is 4.74 Å². The fraction of sp³-hybridized carbons (Fsp3) is 0.389. The number of nitrogens with one attached hydrogen (secondary N) is 1. The number of thiophene rings is 1. The van der Waals surface area contributed by atoms with Crippen LogP contribution in [0.2, 0.25) is 0 Å². The van der Waals surface area contributed by atoms with Crippen LogP contribution in [0.3, 0.4) is 0 Å². The van der Waals surface area contributed by atoms with Crippen LogP contribution in [0.4, 0.5) is 0 Å². The van der Waals surface area contributed by atoms with Gasteiger partial charge in [0.1, 0.15) is 6.10 Å². The SMILES string of the molecule is CC(C)[C@@H](NC(=O)[C@H](C)OCc1ccccc1)c1cccs1. The smallest absolute Gasteiger partial charge is 0.249 e. The third-order valence-electron chi connectivity index (χ3n) is 3.53. The molecule has 2 rings (SSSR count). The first-order chi connectivity index (χ1) is 10.6. The molecule has 1 N–H and O–H groups in total. The van der Waals surface area contributed by atoms with Gasteiger partial charge in [-0.1, -0.05) is 50.2 Å². The van der Waals surface area contributed by atoms with E-state index < -0.39 is 6.10 Å². The quantitative estimate of drug-likeness (QED) is 0.832. The Balaban J connectivity index is 1.89. The Labute approximate surface area is 136 Å². The molecule has 4 heteroatoms. The average Bonchev–Trinajstić information content (AvgIpc) is 3.04. The van der Waals surface area contributed by atoms with Crippen LogP contribution in [0.15, 0.2) is 47.8 Å². The highest BCUT2D eigenvalue weighted by molar-refractivity contribution is 7.10. The van der Waals surface area contributed by atoms with Crippen LogP contribution in [-0.4, -0.2) is 12.0 Å². The number of benzene rings is 1. The van der Waals surface area contributed by atoms with E-state index in [1.807, 2.05) is 41.8 Å². The van der Waals surface area contributed by atoms with Crippen molar-refractivity contribution in [3.63, 3.8) is 0 Å². The van der Waals surface area contributed by atoms with Gasteiger partial charge in [0, 0.05) is 4.88 Å². The zero-order valence-electron chi connectivity index (χ0n) is 13.3. The summed E-state index contributed by atoms with van der Waals surface area (Å²) in [5.41, 5.74) is 1.07. The van der Waals surface area contributed by atoms with Gasteiger partial charge in [0.25, 0.3) is 0 Å². The minimum Gasteiger partial charge on any atom is -0.364 e. The van der Waals surface area contributed by atoms with Crippen LogP contribution in [0.1, 0.15) is 37.3 Å². The number of ether oxygens (including phenoxy) is 1. The van der Waals surface area contributed by atoms with Gasteiger partial charge in [-0.15, -0.1) is 11.3 Å². The van der Waals surface area contributed by atoms with Crippen molar-refractivity contribution >= 4 is 17.2 Å². The first-order valence-corrected chi connectivity index (χ1v) is 8.45. The number of hydrogen-bond acceptors (Lipinski definition) is 3. The topological polar surface area (TPSA) is 38.3 Å². The highest BCUT2D eigenvalue weighted by Gasteiger charge is 2.22. The lowest BCUT2D eigenvalue weighted by atomic mass is 10.0. The highest BCUT2D eigenvalue weighted by atomic mass is 32.1. The molecule has 1 amide bonds. The van der Waals surface area contributed by atoms with Crippen molar-refractivity contribution in [3.8, 4) is 0 Å². The predicted octanol–water partition coefficient (Wildman–Crippen LogP) is 4.17. The molecule has 0 aliphatic heterocycles. The maximum absolute atomic E-state index is 12.3. The minimum absolute atomic E-state index is 0.0373. The number of rotatable bonds is 7. The Morgan fingerprint density at radius 3 is 2.45 bits per heavy atom. The second-order valence-electron chi connectivity index (χ2n) is 5.68. The molecule has 0 unspecified atom stereocenters. The second kappa shape index (κ2) is 8.11. The molecular formula is C18H23NO2S. The van der Waals surface area contributed by atoms with Crippen molar-refractivity contribution in [1.29, 1.82) is 0 Å². The molecular weight excluding hydrogens is 294 g/mol. The summed E-state index contributed by atoms with van der Waals surface area (Å²) in [6.07, 6.45) is -0.471. The largest absolute Gasteiger partial charge is 0.364 e. The lowest BCUT2D eigenvalue weighted by Gasteiger charge is -2.23. The van der Waals surface area contributed by atoms with Crippen LogP contribution >= 0.6 is 11.3 Å². The van der Waals surface area contributed by atoms with Gasteiger partial charge >= 0.3 is 0 Å². The zero-order valence-corrected chi connectivity index (χ0v) is 14.1. The van der Waals surface area contributed by atoms with E-state index in [-0.39, 0.29) is 11.9 Å². The molecule has 1 aromatic carbocycles. The lowest BCUT2D eigenvalue weighted by Crippen LogP contribution is -2.38. The van der Waals surface area contributed by atoms with E-state index in [9.17, 15) is 4.79 Å². The summed E-state index contributed by atoms with van der Waals surface area (Å²) < 4.78 is 5.68. The fourth-order valence-electron chi connectivity index (χ4n) is 2.18. The predicted molar refractivity (Wildman–Crippen MR) is 90.7 cm³/mol. The summed E-state index contributed by atoms with van der Waals surface area (Å²) in [6.45, 7) is 6.46. The Bertz CT molecular complexity index is 566. The first-order valence-electron chi connectivity index (χ1n) is 7.57. The van der Waals surface area contributed by atoms with E-state index in [2.05, 4.69) is 25.2 Å². The summed E-state index contributed by atoms with van der Waals surface area (Å²) >= 11 is 1.67. The molecule has 0 bridgehead atoms. The minimum atomic E-state index is -0.471. The van der Waals surface area contributed by atoms with Crippen LogP contribution < -0.4 is 5.32 Å². The summed E-state index contributed by atoms with van der Waals surface area (Å²) in [4.78, 5) is 13.5. The van der Waals surface area contributed by atoms with Gasteiger partial charge < -0.3 is 10.1 Å². The van der Waals surface area contributed by atoms with Gasteiger partial charge in [0.05, 0.1) is 12.6 Å². The van der Waals surface area contributed by atoms with Crippen molar-refractivity contribution in [1.82, 2.24) is 5.32 Å². The first kappa shape index (κ1) is 16.7. The molecule has 3 nitrogen and oxygen atoms in total. The lowest BCUT2D eigenvalue weighted by molar-refractivity contribution is -0.133. The fourth-order valence-corrected chi connectivity index (χ4v) is 3.13. The van der Waals surface area contributed by atoms with Crippen LogP contribution in [0.5, 0.6) is 0 Å². The number of hydrogen-bond donors (Lipinski definition) is 1. The number of amides is 1. The number of carbonyl (C=O) groups excluding carboxylic acids is 1. The molecule has 2 atom stereocenters. The number of carbonyl (C=O) groups is 1. The summed E-state index contributed by atoms with van der Waals surface area (Å²) in [5.74, 6) is 0.270. The van der Waals surface area contributed by atoms with Gasteiger partial charge in [-0.3, -0.25) is 4.79 Å². The van der Waals surface area contributed by atoms with Gasteiger partial charge in [-0.2, -0.15) is 0 Å². The molecule has 0 aliphatic carbocycles. The standard InChI is InChI=1S/C18H23NO2S/c1-13(2)17(16-10-7-11-22-16)19-18(20)14(3)21-12-15-8-5-4-6-9-15/h4-11,13-14,17H,12H2,1-3H3,(H,19,20)/t14-,17+/m0/s1. The molecule has 1 aromatic heterocycles. The highest BCUT2D eigenvalue weighted by Crippen LogP contribution is 2.25. The molecule has 2 aromatic rings. The monoisotopic (exact) mass is 317 g/mol. The third-order valence-corrected chi connectivity index (χ3v) is 4.48. The van der Waals surface area contributed by atoms with E-state index >= 15 is 0 Å². The second-order valence-corrected chi connectivity index (χ2v) is 6.66. The maximum Gasteiger partial charge on any atom is 0.249 e. The Kier molecular flexibility index (Phi) is 6.16. The molecule has 118 valence electrons. The molecule has 0 spiro atoms. The zero-order chi connectivity index (χ0) is 15.9. The third kappa shape index (κ3) is 4.68. The summed E-state index contributed by atoms with van der Waals surface area (Å²) in [5, 5.41) is 5.14. The van der Waals surface area contributed by atoms with E-state index in [1.54, 1.807) is 18.3 Å². The Hall–Kier alpha value is -1.65. The van der Waals surface area contributed by atoms with Gasteiger partial charge in [0.15, 0.2) is 0 Å². The normalized spacial score (nSPS) is 13.8. The summed E-state index contributed by atoms with van der Waals surface area (Å²) in [6, 6.07) is 14.0. The van der Waals surface area contributed by atoms with Crippen molar-refractivity contribution in [2.45, 2.75) is 39.5 Å². The molecule has 0 saturated carbocycles. The van der Waals surface area contributed by atoms with Crippen molar-refractivity contribution in [2.24, 2.45) is 5.92 Å². The molecule has 0 aliphatic rings. The molecule has 0 radical (unpaired) electrons. The van der Waals surface area contributed by atoms with Crippen LogP contribution in [0, 0.1) is 5.92 Å². The Morgan fingerprint density at radius 1 is 1.14 bits per heavy atom. The van der Waals surface area contributed by atoms with Crippen molar-refractivity contribution in [3.05, 3.63) is 58.3 Å². The van der Waals surface area contributed by atoms with Crippen LogP contribution in [-0.2, 0) is 16.1 Å². The van der Waals surface area contributed by atoms with Gasteiger partial charge in [0.2, 0.25) is 5.91 Å². The molecule has 0 saturated heterocycles.